The summed E-state index contributed by atoms with van der Waals surface area (Å²) >= 11 is 0. The molecule has 0 aliphatic carbocycles. The lowest BCUT2D eigenvalue weighted by molar-refractivity contribution is 0.0651. The molecule has 1 aromatic rings. The van der Waals surface area contributed by atoms with Crippen LogP contribution in [-0.2, 0) is 0 Å². The molecule has 18 heavy (non-hydrogen) atoms. The fraction of sp³-hybridized carbons (Fsp3) is 0.429. The van der Waals surface area contributed by atoms with Gasteiger partial charge in [-0.3, -0.25) is 14.5 Å². The summed E-state index contributed by atoms with van der Waals surface area (Å²) in [5.74, 6) is -0.274. The quantitative estimate of drug-likeness (QED) is 0.606. The van der Waals surface area contributed by atoms with Crippen molar-refractivity contribution in [2.45, 2.75) is 32.6 Å². The lowest BCUT2D eigenvalue weighted by atomic mass is 10.1. The van der Waals surface area contributed by atoms with Gasteiger partial charge in [0.15, 0.2) is 0 Å². The highest BCUT2D eigenvalue weighted by molar-refractivity contribution is 6.21. The Labute approximate surface area is 114 Å². The average molecular weight is 268 g/mol. The van der Waals surface area contributed by atoms with Gasteiger partial charge in [0.25, 0.3) is 11.8 Å². The SMILES string of the molecule is CCCCCCN1C(=O)c2ccccc2C1=O.Cl. The van der Waals surface area contributed by atoms with E-state index in [1.54, 1.807) is 24.3 Å². The molecule has 0 saturated heterocycles. The van der Waals surface area contributed by atoms with Crippen LogP contribution < -0.4 is 0 Å². The molecule has 1 heterocycles. The highest BCUT2D eigenvalue weighted by Gasteiger charge is 2.34. The maximum absolute atomic E-state index is 12.0. The molecule has 0 fully saturated rings. The molecule has 0 radical (unpaired) electrons. The Kier molecular flexibility index (Phi) is 5.35. The molecule has 0 unspecified atom stereocenters. The summed E-state index contributed by atoms with van der Waals surface area (Å²) in [5.41, 5.74) is 1.10. The number of halogens is 1. The van der Waals surface area contributed by atoms with Crippen molar-refractivity contribution in [1.29, 1.82) is 0 Å². The topological polar surface area (TPSA) is 37.4 Å². The lowest BCUT2D eigenvalue weighted by Crippen LogP contribution is -2.30. The molecule has 0 atom stereocenters. The van der Waals surface area contributed by atoms with Gasteiger partial charge in [0.05, 0.1) is 11.1 Å². The highest BCUT2D eigenvalue weighted by atomic mass is 35.5. The van der Waals surface area contributed by atoms with E-state index in [-0.39, 0.29) is 24.2 Å². The molecule has 4 heteroatoms. The van der Waals surface area contributed by atoms with Gasteiger partial charge in [-0.05, 0) is 18.6 Å². The first-order valence-corrected chi connectivity index (χ1v) is 6.21. The van der Waals surface area contributed by atoms with Crippen molar-refractivity contribution < 1.29 is 9.59 Å². The van der Waals surface area contributed by atoms with Gasteiger partial charge in [-0.25, -0.2) is 0 Å². The second-order valence-electron chi connectivity index (χ2n) is 4.37. The second kappa shape index (κ2) is 6.55. The third-order valence-electron chi connectivity index (χ3n) is 3.11. The Balaban J connectivity index is 0.00000162. The summed E-state index contributed by atoms with van der Waals surface area (Å²) in [4.78, 5) is 25.3. The van der Waals surface area contributed by atoms with Crippen LogP contribution in [0.15, 0.2) is 24.3 Å². The van der Waals surface area contributed by atoms with Crippen LogP contribution in [0.5, 0.6) is 0 Å². The molecule has 98 valence electrons. The number of hydrogen-bond acceptors (Lipinski definition) is 2. The Hall–Kier alpha value is -1.35. The molecule has 0 spiro atoms. The fourth-order valence-electron chi connectivity index (χ4n) is 2.14. The number of nitrogens with zero attached hydrogens (tertiary/aromatic N) is 1. The minimum absolute atomic E-state index is 0. The van der Waals surface area contributed by atoms with Crippen molar-refractivity contribution in [2.24, 2.45) is 0 Å². The Morgan fingerprint density at radius 3 is 2.00 bits per heavy atom. The second-order valence-corrected chi connectivity index (χ2v) is 4.37. The third-order valence-corrected chi connectivity index (χ3v) is 3.11. The maximum Gasteiger partial charge on any atom is 0.261 e. The molecule has 1 aliphatic rings. The molecule has 0 aromatic heterocycles. The summed E-state index contributed by atoms with van der Waals surface area (Å²) in [5, 5.41) is 0. The van der Waals surface area contributed by atoms with Crippen molar-refractivity contribution in [1.82, 2.24) is 4.90 Å². The minimum Gasteiger partial charge on any atom is -0.274 e. The van der Waals surface area contributed by atoms with Crippen molar-refractivity contribution in [3.63, 3.8) is 0 Å². The van der Waals surface area contributed by atoms with E-state index in [4.69, 9.17) is 0 Å². The van der Waals surface area contributed by atoms with E-state index < -0.39 is 0 Å². The van der Waals surface area contributed by atoms with Crippen LogP contribution in [0.1, 0.15) is 53.3 Å². The van der Waals surface area contributed by atoms with Crippen LogP contribution in [0.25, 0.3) is 0 Å². The average Bonchev–Trinajstić information content (AvgIpc) is 2.60. The van der Waals surface area contributed by atoms with Gasteiger partial charge in [-0.2, -0.15) is 0 Å². The number of imide groups is 1. The summed E-state index contributed by atoms with van der Waals surface area (Å²) in [6.07, 6.45) is 4.29. The molecule has 2 rings (SSSR count). The van der Waals surface area contributed by atoms with Gasteiger partial charge < -0.3 is 0 Å². The Bertz CT molecular complexity index is 410. The van der Waals surface area contributed by atoms with E-state index in [9.17, 15) is 9.59 Å². The van der Waals surface area contributed by atoms with Gasteiger partial charge >= 0.3 is 0 Å². The molecule has 1 aromatic carbocycles. The van der Waals surface area contributed by atoms with E-state index in [0.29, 0.717) is 17.7 Å². The molecule has 0 N–H and O–H groups in total. The number of hydrogen-bond donors (Lipinski definition) is 0. The zero-order valence-corrected chi connectivity index (χ0v) is 11.3. The van der Waals surface area contributed by atoms with E-state index in [0.717, 1.165) is 25.7 Å². The molecule has 2 amide bonds. The van der Waals surface area contributed by atoms with E-state index >= 15 is 0 Å². The number of rotatable bonds is 5. The Morgan fingerprint density at radius 2 is 1.50 bits per heavy atom. The predicted molar refractivity (Wildman–Crippen MR) is 73.2 cm³/mol. The first-order valence-electron chi connectivity index (χ1n) is 6.21. The first-order chi connectivity index (χ1) is 8.25. The maximum atomic E-state index is 12.0. The van der Waals surface area contributed by atoms with Gasteiger partial charge in [-0.15, -0.1) is 12.4 Å². The summed E-state index contributed by atoms with van der Waals surface area (Å²) in [7, 11) is 0. The van der Waals surface area contributed by atoms with Crippen LogP contribution in [0.2, 0.25) is 0 Å². The summed E-state index contributed by atoms with van der Waals surface area (Å²) in [6.45, 7) is 2.69. The first kappa shape index (κ1) is 14.7. The predicted octanol–water partition coefficient (Wildman–Crippen LogP) is 3.28. The van der Waals surface area contributed by atoms with Crippen LogP contribution in [0.3, 0.4) is 0 Å². The molecule has 0 bridgehead atoms. The monoisotopic (exact) mass is 267 g/mol. The van der Waals surface area contributed by atoms with Crippen molar-refractivity contribution in [3.05, 3.63) is 35.4 Å². The number of unbranched alkanes of at least 4 members (excludes halogenated alkanes) is 3. The van der Waals surface area contributed by atoms with E-state index in [2.05, 4.69) is 6.92 Å². The fourth-order valence-corrected chi connectivity index (χ4v) is 2.14. The Morgan fingerprint density at radius 1 is 0.944 bits per heavy atom. The van der Waals surface area contributed by atoms with Gasteiger partial charge in [0.1, 0.15) is 0 Å². The van der Waals surface area contributed by atoms with Crippen LogP contribution in [-0.4, -0.2) is 23.3 Å². The van der Waals surface area contributed by atoms with Gasteiger partial charge in [0.2, 0.25) is 0 Å². The van der Waals surface area contributed by atoms with Gasteiger partial charge in [-0.1, -0.05) is 38.3 Å². The zero-order chi connectivity index (χ0) is 12.3. The minimum atomic E-state index is -0.137. The largest absolute Gasteiger partial charge is 0.274 e. The smallest absolute Gasteiger partial charge is 0.261 e. The summed E-state index contributed by atoms with van der Waals surface area (Å²) < 4.78 is 0. The molecule has 3 nitrogen and oxygen atoms in total. The van der Waals surface area contributed by atoms with E-state index in [1.807, 2.05) is 0 Å². The van der Waals surface area contributed by atoms with Crippen LogP contribution in [0, 0.1) is 0 Å². The van der Waals surface area contributed by atoms with E-state index in [1.165, 1.54) is 4.90 Å². The van der Waals surface area contributed by atoms with Crippen molar-refractivity contribution >= 4 is 24.2 Å². The molecular weight excluding hydrogens is 250 g/mol. The van der Waals surface area contributed by atoms with Crippen molar-refractivity contribution in [2.75, 3.05) is 6.54 Å². The molecular formula is C14H18ClNO2. The molecule has 0 saturated carbocycles. The lowest BCUT2D eigenvalue weighted by Gasteiger charge is -2.13. The summed E-state index contributed by atoms with van der Waals surface area (Å²) in [6, 6.07) is 7.04. The van der Waals surface area contributed by atoms with Gasteiger partial charge in [0, 0.05) is 6.54 Å². The number of benzene rings is 1. The van der Waals surface area contributed by atoms with Crippen molar-refractivity contribution in [3.8, 4) is 0 Å². The highest BCUT2D eigenvalue weighted by Crippen LogP contribution is 2.22. The number of carbonyl (C=O) groups excluding carboxylic acids is 2. The number of amides is 2. The number of fused-ring (bicyclic) bond motifs is 1. The third kappa shape index (κ3) is 2.72. The normalized spacial score (nSPS) is 13.5. The number of carbonyl (C=O) groups is 2. The zero-order valence-electron chi connectivity index (χ0n) is 10.5. The van der Waals surface area contributed by atoms with Crippen LogP contribution in [0.4, 0.5) is 0 Å². The van der Waals surface area contributed by atoms with Crippen LogP contribution >= 0.6 is 12.4 Å². The molecule has 1 aliphatic heterocycles. The standard InChI is InChI=1S/C14H17NO2.ClH/c1-2-3-4-7-10-15-13(16)11-8-5-6-9-12(11)14(15)17;/h5-6,8-9H,2-4,7,10H2,1H3;1H.